The molecule has 0 aromatic heterocycles. The summed E-state index contributed by atoms with van der Waals surface area (Å²) in [5.74, 6) is 7.13. The third-order valence-electron chi connectivity index (χ3n) is 11.9. The Labute approximate surface area is 186 Å². The van der Waals surface area contributed by atoms with Gasteiger partial charge in [-0.1, -0.05) is 45.8 Å². The van der Waals surface area contributed by atoms with Crippen LogP contribution in [0.5, 0.6) is 0 Å². The van der Waals surface area contributed by atoms with Crippen molar-refractivity contribution in [3.05, 3.63) is 11.1 Å². The summed E-state index contributed by atoms with van der Waals surface area (Å²) >= 11 is 0. The fourth-order valence-corrected chi connectivity index (χ4v) is 10.3. The standard InChI is InChI=1S/C29H48O/c1-17(2)27-19(4)23(27)15-18(3)24-9-10-25-22-8-7-20-16-21(30)11-13-28(20,5)26(22)12-14-29(24,25)6/h17-18,20-22,24-27,30H,7-16H2,1-6H3/t18-,20-,21-,22+,24-,25+,26+,27+,28+,29-/m1/s1. The number of fused-ring (bicyclic) bond motifs is 5. The Morgan fingerprint density at radius 3 is 2.30 bits per heavy atom. The van der Waals surface area contributed by atoms with Crippen LogP contribution in [0, 0.1) is 58.2 Å². The largest absolute Gasteiger partial charge is 0.393 e. The number of allylic oxidation sites excluding steroid dienone is 2. The smallest absolute Gasteiger partial charge is 0.0543 e. The summed E-state index contributed by atoms with van der Waals surface area (Å²) in [5, 5.41) is 10.3. The summed E-state index contributed by atoms with van der Waals surface area (Å²) < 4.78 is 0. The molecule has 0 aromatic rings. The Balaban J connectivity index is 1.31. The van der Waals surface area contributed by atoms with E-state index < -0.39 is 0 Å². The first kappa shape index (κ1) is 21.5. The summed E-state index contributed by atoms with van der Waals surface area (Å²) in [6, 6.07) is 0. The van der Waals surface area contributed by atoms with Gasteiger partial charge >= 0.3 is 0 Å². The minimum atomic E-state index is -0.0138. The van der Waals surface area contributed by atoms with Crippen LogP contribution < -0.4 is 0 Å². The van der Waals surface area contributed by atoms with Gasteiger partial charge in [0.1, 0.15) is 0 Å². The number of hydrogen-bond acceptors (Lipinski definition) is 1. The molecule has 1 nitrogen and oxygen atoms in total. The Morgan fingerprint density at radius 2 is 1.60 bits per heavy atom. The number of rotatable bonds is 4. The van der Waals surface area contributed by atoms with Crippen LogP contribution in [-0.2, 0) is 0 Å². The average Bonchev–Trinajstić information content (AvgIpc) is 3.17. The maximum Gasteiger partial charge on any atom is 0.0543 e. The third kappa shape index (κ3) is 3.11. The lowest BCUT2D eigenvalue weighted by atomic mass is 9.44. The molecule has 0 aromatic carbocycles. The van der Waals surface area contributed by atoms with Crippen molar-refractivity contribution < 1.29 is 5.11 Å². The van der Waals surface area contributed by atoms with E-state index in [-0.39, 0.29) is 6.10 Å². The molecule has 4 saturated carbocycles. The van der Waals surface area contributed by atoms with Crippen LogP contribution in [0.2, 0.25) is 0 Å². The molecule has 170 valence electrons. The lowest BCUT2D eigenvalue weighted by Crippen LogP contribution is -2.54. The van der Waals surface area contributed by atoms with Crippen molar-refractivity contribution in [2.45, 2.75) is 112 Å². The van der Waals surface area contributed by atoms with Gasteiger partial charge in [-0.3, -0.25) is 0 Å². The van der Waals surface area contributed by atoms with Crippen LogP contribution in [0.3, 0.4) is 0 Å². The van der Waals surface area contributed by atoms with Crippen LogP contribution in [0.4, 0.5) is 0 Å². The second-order valence-corrected chi connectivity index (χ2v) is 13.4. The molecule has 30 heavy (non-hydrogen) atoms. The predicted molar refractivity (Wildman–Crippen MR) is 126 cm³/mol. The van der Waals surface area contributed by atoms with Gasteiger partial charge < -0.3 is 5.11 Å². The zero-order valence-electron chi connectivity index (χ0n) is 20.7. The molecule has 0 heterocycles. The molecule has 10 atom stereocenters. The molecule has 0 aliphatic heterocycles. The average molecular weight is 413 g/mol. The third-order valence-corrected chi connectivity index (χ3v) is 11.9. The van der Waals surface area contributed by atoms with E-state index in [0.29, 0.717) is 10.8 Å². The van der Waals surface area contributed by atoms with Crippen molar-refractivity contribution >= 4 is 0 Å². The van der Waals surface area contributed by atoms with Crippen molar-refractivity contribution in [2.75, 3.05) is 0 Å². The van der Waals surface area contributed by atoms with Gasteiger partial charge in [0.15, 0.2) is 0 Å². The predicted octanol–water partition coefficient (Wildman–Crippen LogP) is 7.63. The van der Waals surface area contributed by atoms with Gasteiger partial charge in [0.05, 0.1) is 6.10 Å². The van der Waals surface area contributed by atoms with E-state index in [0.717, 1.165) is 60.2 Å². The first-order valence-corrected chi connectivity index (χ1v) is 13.5. The van der Waals surface area contributed by atoms with E-state index in [9.17, 15) is 5.11 Å². The summed E-state index contributed by atoms with van der Waals surface area (Å²) in [7, 11) is 0. The van der Waals surface area contributed by atoms with E-state index in [1.807, 2.05) is 5.57 Å². The maximum absolute atomic E-state index is 10.3. The molecule has 0 unspecified atom stereocenters. The minimum absolute atomic E-state index is 0.0138. The van der Waals surface area contributed by atoms with Gasteiger partial charge in [-0.2, -0.15) is 0 Å². The zero-order valence-corrected chi connectivity index (χ0v) is 20.7. The normalized spacial score (nSPS) is 51.4. The molecule has 5 aliphatic carbocycles. The molecule has 0 bridgehead atoms. The minimum Gasteiger partial charge on any atom is -0.393 e. The Morgan fingerprint density at radius 1 is 0.900 bits per heavy atom. The second kappa shape index (κ2) is 7.36. The van der Waals surface area contributed by atoms with Gasteiger partial charge in [-0.05, 0) is 123 Å². The van der Waals surface area contributed by atoms with Crippen LogP contribution in [0.25, 0.3) is 0 Å². The monoisotopic (exact) mass is 412 g/mol. The van der Waals surface area contributed by atoms with E-state index in [1.54, 1.807) is 5.57 Å². The molecule has 4 fully saturated rings. The van der Waals surface area contributed by atoms with Crippen LogP contribution in [-0.4, -0.2) is 11.2 Å². The van der Waals surface area contributed by atoms with Crippen LogP contribution in [0.15, 0.2) is 11.1 Å². The molecule has 0 spiro atoms. The fourth-order valence-electron chi connectivity index (χ4n) is 10.3. The summed E-state index contributed by atoms with van der Waals surface area (Å²) in [6.07, 6.45) is 13.6. The maximum atomic E-state index is 10.3. The molecular formula is C29H48O. The Bertz CT molecular complexity index is 705. The molecule has 0 saturated heterocycles. The highest BCUT2D eigenvalue weighted by Crippen LogP contribution is 2.68. The van der Waals surface area contributed by atoms with Crippen molar-refractivity contribution in [3.63, 3.8) is 0 Å². The molecule has 0 radical (unpaired) electrons. The first-order chi connectivity index (χ1) is 14.2. The van der Waals surface area contributed by atoms with Crippen molar-refractivity contribution in [1.29, 1.82) is 0 Å². The van der Waals surface area contributed by atoms with Gasteiger partial charge in [0.25, 0.3) is 0 Å². The lowest BCUT2D eigenvalue weighted by molar-refractivity contribution is -0.129. The quantitative estimate of drug-likeness (QED) is 0.470. The van der Waals surface area contributed by atoms with Crippen LogP contribution >= 0.6 is 0 Å². The summed E-state index contributed by atoms with van der Waals surface area (Å²) in [5.41, 5.74) is 4.67. The van der Waals surface area contributed by atoms with Crippen molar-refractivity contribution in [1.82, 2.24) is 0 Å². The Kier molecular flexibility index (Phi) is 5.28. The number of hydrogen-bond donors (Lipinski definition) is 1. The topological polar surface area (TPSA) is 20.2 Å². The second-order valence-electron chi connectivity index (χ2n) is 13.4. The highest BCUT2D eigenvalue weighted by Gasteiger charge is 2.60. The van der Waals surface area contributed by atoms with E-state index in [1.165, 1.54) is 51.4 Å². The highest BCUT2D eigenvalue weighted by molar-refractivity contribution is 5.40. The highest BCUT2D eigenvalue weighted by atomic mass is 16.3. The fraction of sp³-hybridized carbons (Fsp3) is 0.931. The van der Waals surface area contributed by atoms with Gasteiger partial charge in [0.2, 0.25) is 0 Å². The van der Waals surface area contributed by atoms with Gasteiger partial charge in [-0.15, -0.1) is 0 Å². The molecular weight excluding hydrogens is 364 g/mol. The SMILES string of the molecule is CC1=C(C[C@@H](C)[C@H]2CC[C@H]3[C@@H]4CC[C@@H]5C[C@H](O)CC[C@]5(C)[C@H]4CC[C@]23C)[C@H]1C(C)C. The molecule has 5 rings (SSSR count). The molecule has 5 aliphatic rings. The lowest BCUT2D eigenvalue weighted by Gasteiger charge is -2.61. The van der Waals surface area contributed by atoms with Crippen LogP contribution in [0.1, 0.15) is 106 Å². The molecule has 1 N–H and O–H groups in total. The molecule has 0 amide bonds. The Hall–Kier alpha value is -0.300. The first-order valence-electron chi connectivity index (χ1n) is 13.5. The summed E-state index contributed by atoms with van der Waals surface area (Å²) in [6.45, 7) is 15.2. The summed E-state index contributed by atoms with van der Waals surface area (Å²) in [4.78, 5) is 0. The van der Waals surface area contributed by atoms with Gasteiger partial charge in [-0.25, -0.2) is 0 Å². The van der Waals surface area contributed by atoms with Crippen molar-refractivity contribution in [3.8, 4) is 0 Å². The van der Waals surface area contributed by atoms with Gasteiger partial charge in [0, 0.05) is 5.92 Å². The van der Waals surface area contributed by atoms with Crippen molar-refractivity contribution in [2.24, 2.45) is 58.2 Å². The van der Waals surface area contributed by atoms with E-state index in [2.05, 4.69) is 41.5 Å². The molecule has 1 heteroatoms. The number of aliphatic hydroxyl groups excluding tert-OH is 1. The van der Waals surface area contributed by atoms with E-state index in [4.69, 9.17) is 0 Å². The number of aliphatic hydroxyl groups is 1. The van der Waals surface area contributed by atoms with E-state index >= 15 is 0 Å². The zero-order chi connectivity index (χ0) is 21.4.